The van der Waals surface area contributed by atoms with E-state index in [-0.39, 0.29) is 37.9 Å². The van der Waals surface area contributed by atoms with Crippen LogP contribution in [0, 0.1) is 5.92 Å². The fourth-order valence-electron chi connectivity index (χ4n) is 6.87. The number of amides is 4. The predicted octanol–water partition coefficient (Wildman–Crippen LogP) is 4.32. The standard InChI is InChI=1S/C34H41BF2N6O5/c1-23-17-24(2)39-29(23)19-28-8-7-27(43(28)35(36)37)9-10-31(44)38-13-16-47-30-6-4-3-5-26(30)18-25-11-14-41(15-12-25)33(46)42-20-34(21-42)22-48-32(45)40-34/h3-8,17,19,25H,9-16,18,20-22H2,1-2H3,(H,38,44)(H,40,45)/b29-19-. The van der Waals surface area contributed by atoms with Crippen molar-refractivity contribution >= 4 is 37.2 Å². The number of carbonyl (C=O) groups excluding carboxylic acids is 3. The number of nitrogens with zero attached hydrogens (tertiary/aromatic N) is 4. The minimum atomic E-state index is -2.73. The van der Waals surface area contributed by atoms with E-state index in [0.29, 0.717) is 55.8 Å². The van der Waals surface area contributed by atoms with Crippen LogP contribution in [0.4, 0.5) is 18.2 Å². The van der Waals surface area contributed by atoms with Gasteiger partial charge < -0.3 is 34.4 Å². The zero-order valence-corrected chi connectivity index (χ0v) is 27.3. The molecule has 254 valence electrons. The number of piperidine rings is 1. The Morgan fingerprint density at radius 1 is 1.15 bits per heavy atom. The first kappa shape index (κ1) is 33.3. The summed E-state index contributed by atoms with van der Waals surface area (Å²) in [7, 11) is -2.73. The van der Waals surface area contributed by atoms with Gasteiger partial charge in [-0.2, -0.15) is 0 Å². The number of ether oxygens (including phenoxy) is 2. The molecule has 1 aromatic heterocycles. The van der Waals surface area contributed by atoms with Crippen molar-refractivity contribution in [3.8, 4) is 5.75 Å². The highest BCUT2D eigenvalue weighted by Gasteiger charge is 2.52. The number of alkyl carbamates (subject to hydrolysis) is 1. The molecule has 1 aromatic carbocycles. The number of halogens is 2. The van der Waals surface area contributed by atoms with Crippen LogP contribution in [0.2, 0.25) is 0 Å². The number of cyclic esters (lactones) is 1. The quantitative estimate of drug-likeness (QED) is 0.275. The van der Waals surface area contributed by atoms with Crippen LogP contribution >= 0.6 is 0 Å². The molecule has 11 nitrogen and oxygen atoms in total. The van der Waals surface area contributed by atoms with Crippen LogP contribution in [0.5, 0.6) is 5.75 Å². The molecule has 0 aliphatic carbocycles. The molecule has 4 aliphatic heterocycles. The van der Waals surface area contributed by atoms with Crippen molar-refractivity contribution in [1.82, 2.24) is 24.9 Å². The molecule has 2 aromatic rings. The summed E-state index contributed by atoms with van der Waals surface area (Å²) in [6.07, 6.45) is 5.97. The number of aliphatic imine (C=N–C) groups is 1. The molecule has 5 heterocycles. The van der Waals surface area contributed by atoms with Crippen molar-refractivity contribution in [2.45, 2.75) is 51.5 Å². The molecule has 3 fully saturated rings. The highest BCUT2D eigenvalue weighted by Crippen LogP contribution is 2.30. The van der Waals surface area contributed by atoms with E-state index in [0.717, 1.165) is 46.3 Å². The van der Waals surface area contributed by atoms with Crippen LogP contribution < -0.4 is 15.4 Å². The Balaban J connectivity index is 0.918. The van der Waals surface area contributed by atoms with Crippen LogP contribution in [0.15, 0.2) is 58.7 Å². The minimum Gasteiger partial charge on any atom is -0.491 e. The fourth-order valence-corrected chi connectivity index (χ4v) is 6.87. The lowest BCUT2D eigenvalue weighted by atomic mass is 9.89. The van der Waals surface area contributed by atoms with Crippen molar-refractivity contribution in [1.29, 1.82) is 0 Å². The number of carbonyl (C=O) groups is 3. The van der Waals surface area contributed by atoms with Gasteiger partial charge in [-0.15, -0.1) is 0 Å². The number of hydrogen-bond acceptors (Lipinski definition) is 6. The Bertz CT molecular complexity index is 1640. The number of urea groups is 1. The van der Waals surface area contributed by atoms with E-state index in [1.54, 1.807) is 23.1 Å². The topological polar surface area (TPSA) is 118 Å². The van der Waals surface area contributed by atoms with E-state index in [4.69, 9.17) is 9.47 Å². The first-order valence-electron chi connectivity index (χ1n) is 16.5. The van der Waals surface area contributed by atoms with Gasteiger partial charge in [-0.25, -0.2) is 9.59 Å². The summed E-state index contributed by atoms with van der Waals surface area (Å²) in [5.74, 6) is 0.933. The van der Waals surface area contributed by atoms with E-state index in [1.807, 2.05) is 49.1 Å². The molecule has 0 bridgehead atoms. The largest absolute Gasteiger partial charge is 0.677 e. The molecule has 0 saturated carbocycles. The van der Waals surface area contributed by atoms with Gasteiger partial charge in [0.25, 0.3) is 0 Å². The summed E-state index contributed by atoms with van der Waals surface area (Å²) in [6, 6.07) is 11.1. The number of aromatic nitrogens is 1. The van der Waals surface area contributed by atoms with Crippen molar-refractivity contribution < 1.29 is 32.5 Å². The lowest BCUT2D eigenvalue weighted by molar-refractivity contribution is -0.121. The van der Waals surface area contributed by atoms with Gasteiger partial charge in [0.05, 0.1) is 25.3 Å². The van der Waals surface area contributed by atoms with E-state index in [9.17, 15) is 23.0 Å². The number of para-hydroxylation sites is 1. The Morgan fingerprint density at radius 3 is 2.60 bits per heavy atom. The zero-order chi connectivity index (χ0) is 33.8. The van der Waals surface area contributed by atoms with Gasteiger partial charge in [0.2, 0.25) is 5.91 Å². The Hall–Kier alpha value is -4.62. The van der Waals surface area contributed by atoms with Gasteiger partial charge in [-0.1, -0.05) is 18.2 Å². The van der Waals surface area contributed by atoms with Crippen molar-refractivity contribution in [3.05, 3.63) is 70.7 Å². The summed E-state index contributed by atoms with van der Waals surface area (Å²) in [5, 5.41) is 5.65. The van der Waals surface area contributed by atoms with Crippen LogP contribution in [0.3, 0.4) is 0 Å². The molecule has 1 spiro atoms. The Kier molecular flexibility index (Phi) is 9.88. The summed E-state index contributed by atoms with van der Waals surface area (Å²) in [6.45, 7) is 6.93. The maximum atomic E-state index is 14.0. The monoisotopic (exact) mass is 662 g/mol. The van der Waals surface area contributed by atoms with Crippen molar-refractivity contribution in [2.24, 2.45) is 10.9 Å². The van der Waals surface area contributed by atoms with Crippen LogP contribution in [-0.2, 0) is 22.4 Å². The maximum Gasteiger partial charge on any atom is 0.677 e. The molecule has 0 radical (unpaired) electrons. The molecule has 14 heteroatoms. The minimum absolute atomic E-state index is 0.00803. The Labute approximate surface area is 279 Å². The fraction of sp³-hybridized carbons (Fsp3) is 0.471. The second-order valence-electron chi connectivity index (χ2n) is 13.1. The third kappa shape index (κ3) is 7.58. The molecule has 4 amide bonds. The highest BCUT2D eigenvalue weighted by molar-refractivity contribution is 6.41. The molecule has 4 aliphatic rings. The molecule has 6 rings (SSSR count). The average Bonchev–Trinajstić information content (AvgIpc) is 3.74. The summed E-state index contributed by atoms with van der Waals surface area (Å²) in [5.41, 5.74) is 3.80. The van der Waals surface area contributed by atoms with Gasteiger partial charge in [0.1, 0.15) is 24.5 Å². The first-order valence-corrected chi connectivity index (χ1v) is 16.5. The second kappa shape index (κ2) is 14.2. The summed E-state index contributed by atoms with van der Waals surface area (Å²) in [4.78, 5) is 45.0. The maximum absolute atomic E-state index is 14.0. The molecule has 48 heavy (non-hydrogen) atoms. The molecule has 3 saturated heterocycles. The number of likely N-dealkylation sites (tertiary alicyclic amines) is 2. The van der Waals surface area contributed by atoms with Gasteiger partial charge in [-0.3, -0.25) is 18.4 Å². The third-order valence-electron chi connectivity index (χ3n) is 9.40. The lowest BCUT2D eigenvalue weighted by Crippen LogP contribution is -2.71. The van der Waals surface area contributed by atoms with E-state index >= 15 is 0 Å². The smallest absolute Gasteiger partial charge is 0.491 e. The molecule has 0 unspecified atom stereocenters. The van der Waals surface area contributed by atoms with Crippen molar-refractivity contribution in [2.75, 3.05) is 45.9 Å². The van der Waals surface area contributed by atoms with Gasteiger partial charge >= 0.3 is 19.5 Å². The summed E-state index contributed by atoms with van der Waals surface area (Å²) >= 11 is 0. The average molecular weight is 663 g/mol. The highest BCUT2D eigenvalue weighted by atomic mass is 19.2. The number of hydrogen-bond donors (Lipinski definition) is 2. The molecular formula is C34H41BF2N6O5. The molecule has 2 N–H and O–H groups in total. The SMILES string of the molecule is CC1=CC(C)=N/C1=C\c1ccc(CCC(=O)NCCOc2ccccc2CC2CCN(C(=O)N3CC4(COC(=O)N4)C3)CC2)n1B(F)F. The van der Waals surface area contributed by atoms with E-state index in [1.165, 1.54) is 0 Å². The normalized spacial score (nSPS) is 19.5. The number of nitrogens with one attached hydrogen (secondary N) is 2. The number of benzene rings is 1. The number of allylic oxidation sites excluding steroid dienone is 2. The molecular weight excluding hydrogens is 621 g/mol. The van der Waals surface area contributed by atoms with Gasteiger partial charge in [0, 0.05) is 36.6 Å². The van der Waals surface area contributed by atoms with Crippen LogP contribution in [-0.4, -0.2) is 96.9 Å². The third-order valence-corrected chi connectivity index (χ3v) is 9.40. The van der Waals surface area contributed by atoms with Gasteiger partial charge in [0.15, 0.2) is 0 Å². The number of rotatable bonds is 11. The summed E-state index contributed by atoms with van der Waals surface area (Å²) < 4.78 is 39.9. The zero-order valence-electron chi connectivity index (χ0n) is 27.3. The predicted molar refractivity (Wildman–Crippen MR) is 178 cm³/mol. The van der Waals surface area contributed by atoms with Crippen LogP contribution in [0.25, 0.3) is 6.08 Å². The van der Waals surface area contributed by atoms with E-state index in [2.05, 4.69) is 15.6 Å². The number of aryl methyl sites for hydroxylation is 1. The first-order chi connectivity index (χ1) is 23.1. The van der Waals surface area contributed by atoms with Gasteiger partial charge in [-0.05, 0) is 86.9 Å². The lowest BCUT2D eigenvalue weighted by Gasteiger charge is -2.48. The van der Waals surface area contributed by atoms with Crippen LogP contribution in [0.1, 0.15) is 50.1 Å². The van der Waals surface area contributed by atoms with Crippen molar-refractivity contribution in [3.63, 3.8) is 0 Å². The Morgan fingerprint density at radius 2 is 1.92 bits per heavy atom. The van der Waals surface area contributed by atoms with E-state index < -0.39 is 19.0 Å². The molecule has 0 atom stereocenters. The second-order valence-corrected chi connectivity index (χ2v) is 13.1.